The van der Waals surface area contributed by atoms with E-state index in [1.807, 2.05) is 45.0 Å². The quantitative estimate of drug-likeness (QED) is 0.432. The van der Waals surface area contributed by atoms with Crippen LogP contribution in [0.15, 0.2) is 24.3 Å². The molecule has 164 valence electrons. The number of nitrogens with zero attached hydrogens (tertiary/aromatic N) is 1. The van der Waals surface area contributed by atoms with Crippen LogP contribution in [0.5, 0.6) is 5.75 Å². The number of nitrogens with one attached hydrogen (secondary N) is 1. The molecule has 29 heavy (non-hydrogen) atoms. The van der Waals surface area contributed by atoms with Gasteiger partial charge in [-0.2, -0.15) is 0 Å². The zero-order valence-corrected chi connectivity index (χ0v) is 18.5. The lowest BCUT2D eigenvalue weighted by Gasteiger charge is -2.26. The van der Waals surface area contributed by atoms with Crippen LogP contribution in [-0.2, 0) is 14.3 Å². The van der Waals surface area contributed by atoms with Crippen molar-refractivity contribution in [3.8, 4) is 5.75 Å². The van der Waals surface area contributed by atoms with Gasteiger partial charge in [-0.25, -0.2) is 0 Å². The molecule has 0 radical (unpaired) electrons. The molecule has 2 atom stereocenters. The van der Waals surface area contributed by atoms with E-state index in [9.17, 15) is 14.7 Å². The van der Waals surface area contributed by atoms with Crippen LogP contribution in [0.4, 0.5) is 0 Å². The highest BCUT2D eigenvalue weighted by Crippen LogP contribution is 2.24. The highest BCUT2D eigenvalue weighted by Gasteiger charge is 2.29. The van der Waals surface area contributed by atoms with Gasteiger partial charge < -0.3 is 24.8 Å². The minimum atomic E-state index is -0.793. The highest BCUT2D eigenvalue weighted by molar-refractivity contribution is 5.82. The zero-order chi connectivity index (χ0) is 22.0. The second-order valence-corrected chi connectivity index (χ2v) is 8.24. The minimum Gasteiger partial charge on any atom is -0.494 e. The molecule has 7 heteroatoms. The number of esters is 1. The standard InChI is InChI=1S/C22H36N2O5/c1-7-8-12-28-17-11-9-10-16(13-17)18(21(27)29-22(2,3)4)14-23-19(15-25)20(26)24(5)6/h9-11,13,18-19,23,25H,7-8,12,14-15H2,1-6H3. The molecule has 0 fully saturated rings. The van der Waals surface area contributed by atoms with Crippen molar-refractivity contribution < 1.29 is 24.2 Å². The number of benzene rings is 1. The maximum atomic E-state index is 12.9. The van der Waals surface area contributed by atoms with Crippen LogP contribution in [0, 0.1) is 0 Å². The Morgan fingerprint density at radius 1 is 1.24 bits per heavy atom. The van der Waals surface area contributed by atoms with Crippen LogP contribution < -0.4 is 10.1 Å². The molecule has 1 amide bonds. The van der Waals surface area contributed by atoms with E-state index in [0.29, 0.717) is 12.4 Å². The van der Waals surface area contributed by atoms with Crippen LogP contribution in [0.3, 0.4) is 0 Å². The Labute approximate surface area is 174 Å². The summed E-state index contributed by atoms with van der Waals surface area (Å²) in [6, 6.07) is 6.56. The molecule has 0 aliphatic rings. The molecule has 1 rings (SSSR count). The number of aliphatic hydroxyl groups is 1. The highest BCUT2D eigenvalue weighted by atomic mass is 16.6. The molecule has 7 nitrogen and oxygen atoms in total. The van der Waals surface area contributed by atoms with E-state index < -0.39 is 23.5 Å². The lowest BCUT2D eigenvalue weighted by Crippen LogP contribution is -2.48. The molecule has 0 aliphatic carbocycles. The predicted molar refractivity (Wildman–Crippen MR) is 113 cm³/mol. The number of unbranched alkanes of at least 4 members (excludes halogenated alkanes) is 1. The maximum absolute atomic E-state index is 12.9. The van der Waals surface area contributed by atoms with Crippen molar-refractivity contribution in [2.24, 2.45) is 0 Å². The summed E-state index contributed by atoms with van der Waals surface area (Å²) >= 11 is 0. The van der Waals surface area contributed by atoms with E-state index in [-0.39, 0.29) is 19.1 Å². The van der Waals surface area contributed by atoms with Crippen LogP contribution in [0.1, 0.15) is 52.0 Å². The summed E-state index contributed by atoms with van der Waals surface area (Å²) in [5.41, 5.74) is 0.0928. The van der Waals surface area contributed by atoms with Gasteiger partial charge in [-0.15, -0.1) is 0 Å². The van der Waals surface area contributed by atoms with Gasteiger partial charge in [0.15, 0.2) is 0 Å². The van der Waals surface area contributed by atoms with E-state index in [0.717, 1.165) is 18.4 Å². The van der Waals surface area contributed by atoms with Crippen molar-refractivity contribution in [1.82, 2.24) is 10.2 Å². The second kappa shape index (κ2) is 11.8. The Balaban J connectivity index is 3.04. The summed E-state index contributed by atoms with van der Waals surface area (Å²) in [6.45, 7) is 7.93. The third-order valence-corrected chi connectivity index (χ3v) is 4.21. The number of hydrogen-bond acceptors (Lipinski definition) is 6. The first-order chi connectivity index (χ1) is 13.6. The van der Waals surface area contributed by atoms with Gasteiger partial charge in [-0.3, -0.25) is 9.59 Å². The summed E-state index contributed by atoms with van der Waals surface area (Å²) < 4.78 is 11.3. The van der Waals surface area contributed by atoms with Gasteiger partial charge in [0.1, 0.15) is 17.4 Å². The van der Waals surface area contributed by atoms with Crippen molar-refractivity contribution in [1.29, 1.82) is 0 Å². The number of carbonyl (C=O) groups excluding carboxylic acids is 2. The van der Waals surface area contributed by atoms with E-state index in [1.54, 1.807) is 14.1 Å². The van der Waals surface area contributed by atoms with Crippen LogP contribution in [0.2, 0.25) is 0 Å². The van der Waals surface area contributed by atoms with Gasteiger partial charge >= 0.3 is 5.97 Å². The SMILES string of the molecule is CCCCOc1cccc(C(CNC(CO)C(=O)N(C)C)C(=O)OC(C)(C)C)c1. The fraction of sp³-hybridized carbons (Fsp3) is 0.636. The molecular weight excluding hydrogens is 372 g/mol. The first-order valence-corrected chi connectivity index (χ1v) is 10.1. The third kappa shape index (κ3) is 8.83. The second-order valence-electron chi connectivity index (χ2n) is 8.24. The number of carbonyl (C=O) groups is 2. The van der Waals surface area contributed by atoms with Crippen molar-refractivity contribution in [3.63, 3.8) is 0 Å². The normalized spacial score (nSPS) is 13.5. The molecule has 0 aliphatic heterocycles. The molecule has 0 heterocycles. The molecule has 1 aromatic rings. The maximum Gasteiger partial charge on any atom is 0.315 e. The summed E-state index contributed by atoms with van der Waals surface area (Å²) in [6.07, 6.45) is 1.98. The molecule has 2 unspecified atom stereocenters. The lowest BCUT2D eigenvalue weighted by molar-refractivity contribution is -0.156. The Morgan fingerprint density at radius 2 is 1.93 bits per heavy atom. The van der Waals surface area contributed by atoms with Gasteiger partial charge in [0.05, 0.1) is 19.1 Å². The van der Waals surface area contributed by atoms with Gasteiger partial charge in [0.25, 0.3) is 0 Å². The van der Waals surface area contributed by atoms with Crippen LogP contribution in [0.25, 0.3) is 0 Å². The van der Waals surface area contributed by atoms with Gasteiger partial charge in [0, 0.05) is 20.6 Å². The Bertz CT molecular complexity index is 655. The fourth-order valence-corrected chi connectivity index (χ4v) is 2.67. The zero-order valence-electron chi connectivity index (χ0n) is 18.5. The first kappa shape index (κ1) is 24.9. The fourth-order valence-electron chi connectivity index (χ4n) is 2.67. The number of aliphatic hydroxyl groups excluding tert-OH is 1. The minimum absolute atomic E-state index is 0.151. The van der Waals surface area contributed by atoms with Crippen molar-refractivity contribution >= 4 is 11.9 Å². The van der Waals surface area contributed by atoms with E-state index in [2.05, 4.69) is 12.2 Å². The molecule has 1 aromatic carbocycles. The average molecular weight is 409 g/mol. The number of ether oxygens (including phenoxy) is 2. The number of hydrogen-bond donors (Lipinski definition) is 2. The molecular formula is C22H36N2O5. The molecule has 2 N–H and O–H groups in total. The lowest BCUT2D eigenvalue weighted by atomic mass is 9.98. The molecule has 0 saturated heterocycles. The van der Waals surface area contributed by atoms with Crippen molar-refractivity contribution in [3.05, 3.63) is 29.8 Å². The monoisotopic (exact) mass is 408 g/mol. The molecule has 0 aromatic heterocycles. The van der Waals surface area contributed by atoms with Crippen LogP contribution in [-0.4, -0.2) is 67.4 Å². The summed E-state index contributed by atoms with van der Waals surface area (Å²) in [7, 11) is 3.24. The van der Waals surface area contributed by atoms with Crippen molar-refractivity contribution in [2.45, 2.75) is 58.1 Å². The average Bonchev–Trinajstić information content (AvgIpc) is 2.63. The number of amides is 1. The predicted octanol–water partition coefficient (Wildman–Crippen LogP) is 2.33. The molecule has 0 spiro atoms. The van der Waals surface area contributed by atoms with Gasteiger partial charge in [0.2, 0.25) is 5.91 Å². The first-order valence-electron chi connectivity index (χ1n) is 10.1. The van der Waals surface area contributed by atoms with Gasteiger partial charge in [-0.1, -0.05) is 25.5 Å². The smallest absolute Gasteiger partial charge is 0.315 e. The van der Waals surface area contributed by atoms with E-state index in [4.69, 9.17) is 9.47 Å². The summed E-state index contributed by atoms with van der Waals surface area (Å²) in [5, 5.41) is 12.6. The van der Waals surface area contributed by atoms with Crippen molar-refractivity contribution in [2.75, 3.05) is 33.9 Å². The summed E-state index contributed by atoms with van der Waals surface area (Å²) in [5.74, 6) is -0.614. The molecule has 0 saturated carbocycles. The van der Waals surface area contributed by atoms with E-state index >= 15 is 0 Å². The Morgan fingerprint density at radius 3 is 2.48 bits per heavy atom. The van der Waals surface area contributed by atoms with E-state index in [1.165, 1.54) is 4.90 Å². The Kier molecular flexibility index (Phi) is 10.1. The largest absolute Gasteiger partial charge is 0.494 e. The third-order valence-electron chi connectivity index (χ3n) is 4.21. The van der Waals surface area contributed by atoms with Gasteiger partial charge in [-0.05, 0) is 44.9 Å². The topological polar surface area (TPSA) is 88.1 Å². The Hall–Kier alpha value is -2.12. The number of likely N-dealkylation sites (N-methyl/N-ethyl adjacent to an activating group) is 1. The number of rotatable bonds is 11. The summed E-state index contributed by atoms with van der Waals surface area (Å²) in [4.78, 5) is 26.5. The molecule has 0 bridgehead atoms. The van der Waals surface area contributed by atoms with Crippen LogP contribution >= 0.6 is 0 Å².